The van der Waals surface area contributed by atoms with Gasteiger partial charge < -0.3 is 9.73 Å². The number of alkyl halides is 3. The van der Waals surface area contributed by atoms with Crippen LogP contribution in [0.1, 0.15) is 24.0 Å². The van der Waals surface area contributed by atoms with Crippen LogP contribution < -0.4 is 5.32 Å². The van der Waals surface area contributed by atoms with Crippen LogP contribution in [0.25, 0.3) is 11.5 Å². The highest BCUT2D eigenvalue weighted by molar-refractivity contribution is 7.89. The standard InChI is InChI=1S/C21H21F3N4O4S/c22-21(23,24)16-6-2-1-4-14(16)12-25-20(29)15-5-3-11-28(13-15)33(30,31)19-8-7-18(32-19)17-9-10-26-27-17/h1-2,4,6-10,15H,3,5,11-13H2,(H,25,29)(H,26,27)/t15-/m0/s1. The highest BCUT2D eigenvalue weighted by Crippen LogP contribution is 2.32. The number of aromatic amines is 1. The summed E-state index contributed by atoms with van der Waals surface area (Å²) in [5.74, 6) is -0.876. The van der Waals surface area contributed by atoms with Gasteiger partial charge in [0.15, 0.2) is 5.76 Å². The first-order chi connectivity index (χ1) is 15.7. The summed E-state index contributed by atoms with van der Waals surface area (Å²) in [5, 5.41) is 8.74. The van der Waals surface area contributed by atoms with Gasteiger partial charge in [0.2, 0.25) is 11.0 Å². The van der Waals surface area contributed by atoms with Crippen molar-refractivity contribution in [1.29, 1.82) is 0 Å². The summed E-state index contributed by atoms with van der Waals surface area (Å²) >= 11 is 0. The van der Waals surface area contributed by atoms with Gasteiger partial charge in [0, 0.05) is 25.8 Å². The number of rotatable bonds is 6. The molecule has 1 atom stereocenters. The second-order valence-corrected chi connectivity index (χ2v) is 9.53. The fraction of sp³-hybridized carbons (Fsp3) is 0.333. The molecule has 1 aliphatic heterocycles. The first-order valence-corrected chi connectivity index (χ1v) is 11.6. The number of hydrogen-bond acceptors (Lipinski definition) is 5. The average molecular weight is 482 g/mol. The second-order valence-electron chi connectivity index (χ2n) is 7.66. The third kappa shape index (κ3) is 4.96. The van der Waals surface area contributed by atoms with Crippen molar-refractivity contribution < 1.29 is 30.8 Å². The summed E-state index contributed by atoms with van der Waals surface area (Å²) in [6.07, 6.45) is -2.16. The molecule has 2 aromatic heterocycles. The van der Waals surface area contributed by atoms with Crippen molar-refractivity contribution in [2.24, 2.45) is 5.92 Å². The van der Waals surface area contributed by atoms with E-state index in [1.165, 1.54) is 40.8 Å². The zero-order valence-corrected chi connectivity index (χ0v) is 18.1. The quantitative estimate of drug-likeness (QED) is 0.560. The summed E-state index contributed by atoms with van der Waals surface area (Å²) in [7, 11) is -3.99. The maximum absolute atomic E-state index is 13.2. The minimum absolute atomic E-state index is 0.0550. The van der Waals surface area contributed by atoms with E-state index in [0.29, 0.717) is 24.3 Å². The third-order valence-electron chi connectivity index (χ3n) is 5.47. The van der Waals surface area contributed by atoms with Crippen molar-refractivity contribution in [3.63, 3.8) is 0 Å². The lowest BCUT2D eigenvalue weighted by Crippen LogP contribution is -2.45. The molecular weight excluding hydrogens is 461 g/mol. The number of sulfonamides is 1. The highest BCUT2D eigenvalue weighted by atomic mass is 32.2. The summed E-state index contributed by atoms with van der Waals surface area (Å²) < 4.78 is 72.2. The molecule has 1 amide bonds. The van der Waals surface area contributed by atoms with Crippen molar-refractivity contribution in [2.45, 2.75) is 30.7 Å². The van der Waals surface area contributed by atoms with Gasteiger partial charge in [0.25, 0.3) is 10.0 Å². The van der Waals surface area contributed by atoms with E-state index in [1.54, 1.807) is 6.07 Å². The van der Waals surface area contributed by atoms with Crippen LogP contribution in [-0.2, 0) is 27.5 Å². The van der Waals surface area contributed by atoms with Crippen molar-refractivity contribution in [3.05, 3.63) is 59.8 Å². The number of carbonyl (C=O) groups is 1. The molecule has 0 unspecified atom stereocenters. The van der Waals surface area contributed by atoms with Gasteiger partial charge in [-0.1, -0.05) is 18.2 Å². The highest BCUT2D eigenvalue weighted by Gasteiger charge is 2.36. The molecular formula is C21H21F3N4O4S. The zero-order chi connectivity index (χ0) is 23.6. The maximum atomic E-state index is 13.2. The van der Waals surface area contributed by atoms with Crippen LogP contribution in [0, 0.1) is 5.92 Å². The first-order valence-electron chi connectivity index (χ1n) is 10.2. The fourth-order valence-electron chi connectivity index (χ4n) is 3.78. The lowest BCUT2D eigenvalue weighted by atomic mass is 9.98. The van der Waals surface area contributed by atoms with E-state index >= 15 is 0 Å². The molecule has 3 aromatic rings. The molecule has 0 bridgehead atoms. The Balaban J connectivity index is 1.43. The third-order valence-corrected chi connectivity index (χ3v) is 7.21. The lowest BCUT2D eigenvalue weighted by molar-refractivity contribution is -0.138. The molecule has 1 aromatic carbocycles. The predicted molar refractivity (Wildman–Crippen MR) is 111 cm³/mol. The molecule has 12 heteroatoms. The van der Waals surface area contributed by atoms with Crippen LogP contribution in [0.15, 0.2) is 58.2 Å². The number of carbonyl (C=O) groups excluding carboxylic acids is 1. The van der Waals surface area contributed by atoms with Gasteiger partial charge in [0.1, 0.15) is 5.69 Å². The topological polar surface area (TPSA) is 108 Å². The maximum Gasteiger partial charge on any atom is 0.416 e. The molecule has 3 heterocycles. The van der Waals surface area contributed by atoms with Crippen LogP contribution in [0.4, 0.5) is 13.2 Å². The van der Waals surface area contributed by atoms with Gasteiger partial charge >= 0.3 is 6.18 Å². The smallest absolute Gasteiger partial charge is 0.416 e. The zero-order valence-electron chi connectivity index (χ0n) is 17.3. The monoisotopic (exact) mass is 482 g/mol. The van der Waals surface area contributed by atoms with Crippen molar-refractivity contribution in [3.8, 4) is 11.5 Å². The molecule has 1 aliphatic rings. The number of hydrogen-bond donors (Lipinski definition) is 2. The summed E-state index contributed by atoms with van der Waals surface area (Å²) in [6.45, 7) is -0.179. The molecule has 1 fully saturated rings. The summed E-state index contributed by atoms with van der Waals surface area (Å²) in [5.41, 5.74) is -0.351. The normalized spacial score (nSPS) is 17.7. The summed E-state index contributed by atoms with van der Waals surface area (Å²) in [4.78, 5) is 12.7. The Kier molecular flexibility index (Phi) is 6.30. The molecule has 4 rings (SSSR count). The van der Waals surface area contributed by atoms with Crippen LogP contribution >= 0.6 is 0 Å². The van der Waals surface area contributed by atoms with Crippen LogP contribution in [0.3, 0.4) is 0 Å². The summed E-state index contributed by atoms with van der Waals surface area (Å²) in [6, 6.07) is 9.48. The van der Waals surface area contributed by atoms with Crippen LogP contribution in [0.5, 0.6) is 0 Å². The van der Waals surface area contributed by atoms with E-state index < -0.39 is 33.6 Å². The van der Waals surface area contributed by atoms with E-state index in [0.717, 1.165) is 6.07 Å². The van der Waals surface area contributed by atoms with Crippen molar-refractivity contribution in [1.82, 2.24) is 19.8 Å². The average Bonchev–Trinajstić information content (AvgIpc) is 3.49. The predicted octanol–water partition coefficient (Wildman–Crippen LogP) is 3.41. The van der Waals surface area contributed by atoms with Gasteiger partial charge in [-0.25, -0.2) is 8.42 Å². The number of nitrogens with zero attached hydrogens (tertiary/aromatic N) is 2. The van der Waals surface area contributed by atoms with Crippen molar-refractivity contribution in [2.75, 3.05) is 13.1 Å². The fourth-order valence-corrected chi connectivity index (χ4v) is 5.21. The minimum atomic E-state index is -4.53. The Bertz CT molecular complexity index is 1220. The molecule has 33 heavy (non-hydrogen) atoms. The molecule has 176 valence electrons. The molecule has 8 nitrogen and oxygen atoms in total. The van der Waals surface area contributed by atoms with E-state index in [4.69, 9.17) is 4.42 Å². The molecule has 2 N–H and O–H groups in total. The Morgan fingerprint density at radius 3 is 2.73 bits per heavy atom. The Morgan fingerprint density at radius 1 is 1.21 bits per heavy atom. The number of aromatic nitrogens is 2. The second kappa shape index (κ2) is 9.02. The largest absolute Gasteiger partial charge is 0.442 e. The molecule has 1 saturated heterocycles. The van der Waals surface area contributed by atoms with Gasteiger partial charge in [0.05, 0.1) is 11.5 Å². The molecule has 0 aliphatic carbocycles. The number of piperidine rings is 1. The number of H-pyrrole nitrogens is 1. The SMILES string of the molecule is O=C(NCc1ccccc1C(F)(F)F)[C@H]1CCCN(S(=O)(=O)c2ccc(-c3ccn[nH]3)o2)C1. The van der Waals surface area contributed by atoms with E-state index in [2.05, 4.69) is 15.5 Å². The van der Waals surface area contributed by atoms with Crippen molar-refractivity contribution >= 4 is 15.9 Å². The molecule has 0 spiro atoms. The van der Waals surface area contributed by atoms with Crippen LogP contribution in [-0.4, -0.2) is 41.9 Å². The van der Waals surface area contributed by atoms with Crippen LogP contribution in [0.2, 0.25) is 0 Å². The number of halogens is 3. The number of furan rings is 1. The molecule has 0 saturated carbocycles. The van der Waals surface area contributed by atoms with E-state index in [1.807, 2.05) is 0 Å². The number of amides is 1. The Labute approximate surface area is 187 Å². The van der Waals surface area contributed by atoms with E-state index in [-0.39, 0.29) is 30.3 Å². The molecule has 0 radical (unpaired) electrons. The van der Waals surface area contributed by atoms with E-state index in [9.17, 15) is 26.4 Å². The van der Waals surface area contributed by atoms with Gasteiger partial charge in [-0.3, -0.25) is 9.89 Å². The Morgan fingerprint density at radius 2 is 2.00 bits per heavy atom. The van der Waals surface area contributed by atoms with Gasteiger partial charge in [-0.2, -0.15) is 22.6 Å². The van der Waals surface area contributed by atoms with Gasteiger partial charge in [-0.05, 0) is 42.7 Å². The first kappa shape index (κ1) is 23.1. The number of nitrogens with one attached hydrogen (secondary N) is 2. The number of benzene rings is 1. The Hall–Kier alpha value is -3.12. The minimum Gasteiger partial charge on any atom is -0.442 e. The lowest BCUT2D eigenvalue weighted by Gasteiger charge is -2.30. The van der Waals surface area contributed by atoms with Gasteiger partial charge in [-0.15, -0.1) is 0 Å².